The molecule has 2 amide bonds. The van der Waals surface area contributed by atoms with E-state index in [1.165, 1.54) is 4.90 Å². The van der Waals surface area contributed by atoms with Gasteiger partial charge in [-0.1, -0.05) is 23.7 Å². The number of likely N-dealkylation sites (tertiary alicyclic amines) is 1. The number of carbonyl (C=O) groups excluding carboxylic acids is 2. The first-order valence-corrected chi connectivity index (χ1v) is 6.45. The fraction of sp³-hybridized carbons (Fsp3) is 0.385. The number of carbonyl (C=O) groups is 2. The van der Waals surface area contributed by atoms with E-state index in [0.29, 0.717) is 23.8 Å². The number of amides is 2. The largest absolute Gasteiger partial charge is 0.396 e. The molecule has 2 rings (SSSR count). The van der Waals surface area contributed by atoms with Crippen molar-refractivity contribution in [1.29, 1.82) is 0 Å². The fourth-order valence-corrected chi connectivity index (χ4v) is 2.23. The first-order valence-electron chi connectivity index (χ1n) is 6.07. The van der Waals surface area contributed by atoms with E-state index in [4.69, 9.17) is 16.7 Å². The van der Waals surface area contributed by atoms with Crippen LogP contribution in [0.4, 0.5) is 5.69 Å². The van der Waals surface area contributed by atoms with Crippen molar-refractivity contribution in [2.75, 3.05) is 25.0 Å². The van der Waals surface area contributed by atoms with E-state index < -0.39 is 11.8 Å². The van der Waals surface area contributed by atoms with E-state index in [2.05, 4.69) is 5.32 Å². The summed E-state index contributed by atoms with van der Waals surface area (Å²) in [5.74, 6) is -1.22. The number of aliphatic hydroxyl groups is 1. The van der Waals surface area contributed by atoms with Gasteiger partial charge in [-0.3, -0.25) is 9.59 Å². The lowest BCUT2D eigenvalue weighted by Crippen LogP contribution is -2.38. The van der Waals surface area contributed by atoms with Crippen molar-refractivity contribution in [3.05, 3.63) is 29.3 Å². The Morgan fingerprint density at radius 2 is 2.16 bits per heavy atom. The maximum absolute atomic E-state index is 11.9. The molecule has 1 fully saturated rings. The molecule has 5 nitrogen and oxygen atoms in total. The van der Waals surface area contributed by atoms with Crippen molar-refractivity contribution in [2.24, 2.45) is 5.92 Å². The topological polar surface area (TPSA) is 69.6 Å². The molecular weight excluding hydrogens is 268 g/mol. The summed E-state index contributed by atoms with van der Waals surface area (Å²) in [5, 5.41) is 11.9. The van der Waals surface area contributed by atoms with Crippen LogP contribution in [0.25, 0.3) is 0 Å². The number of nitrogens with zero attached hydrogens (tertiary/aromatic N) is 1. The van der Waals surface area contributed by atoms with Crippen molar-refractivity contribution in [1.82, 2.24) is 4.90 Å². The molecule has 0 bridgehead atoms. The van der Waals surface area contributed by atoms with Gasteiger partial charge in [0.1, 0.15) is 0 Å². The molecule has 1 aliphatic rings. The Balaban J connectivity index is 1.97. The van der Waals surface area contributed by atoms with Crippen LogP contribution >= 0.6 is 11.6 Å². The van der Waals surface area contributed by atoms with Crippen LogP contribution in [0.3, 0.4) is 0 Å². The zero-order valence-corrected chi connectivity index (χ0v) is 11.1. The Morgan fingerprint density at radius 3 is 2.79 bits per heavy atom. The van der Waals surface area contributed by atoms with Gasteiger partial charge < -0.3 is 15.3 Å². The Bertz CT molecular complexity index is 493. The van der Waals surface area contributed by atoms with Gasteiger partial charge in [0.2, 0.25) is 0 Å². The van der Waals surface area contributed by atoms with E-state index >= 15 is 0 Å². The van der Waals surface area contributed by atoms with Gasteiger partial charge in [0, 0.05) is 25.6 Å². The monoisotopic (exact) mass is 282 g/mol. The highest BCUT2D eigenvalue weighted by Gasteiger charge is 2.29. The molecule has 0 aromatic heterocycles. The van der Waals surface area contributed by atoms with Crippen LogP contribution in [-0.2, 0) is 9.59 Å². The van der Waals surface area contributed by atoms with E-state index in [1.54, 1.807) is 24.3 Å². The SMILES string of the molecule is O=C(Nc1ccccc1Cl)C(=O)N1CCC(CO)C1. The molecule has 0 saturated carbocycles. The zero-order chi connectivity index (χ0) is 13.8. The van der Waals surface area contributed by atoms with Crippen molar-refractivity contribution in [3.63, 3.8) is 0 Å². The maximum Gasteiger partial charge on any atom is 0.313 e. The molecule has 1 atom stereocenters. The van der Waals surface area contributed by atoms with Gasteiger partial charge in [0.05, 0.1) is 10.7 Å². The molecule has 6 heteroatoms. The standard InChI is InChI=1S/C13H15ClN2O3/c14-10-3-1-2-4-11(10)15-12(18)13(19)16-6-5-9(7-16)8-17/h1-4,9,17H,5-8H2,(H,15,18). The molecule has 2 N–H and O–H groups in total. The van der Waals surface area contributed by atoms with Gasteiger partial charge in [0.25, 0.3) is 0 Å². The average molecular weight is 283 g/mol. The molecule has 0 aliphatic carbocycles. The number of hydrogen-bond donors (Lipinski definition) is 2. The van der Waals surface area contributed by atoms with Crippen molar-refractivity contribution in [3.8, 4) is 0 Å². The van der Waals surface area contributed by atoms with E-state index in [9.17, 15) is 9.59 Å². The minimum Gasteiger partial charge on any atom is -0.396 e. The molecule has 1 aliphatic heterocycles. The molecule has 1 aromatic rings. The number of hydrogen-bond acceptors (Lipinski definition) is 3. The smallest absolute Gasteiger partial charge is 0.313 e. The number of rotatable bonds is 2. The number of para-hydroxylation sites is 1. The average Bonchev–Trinajstić information content (AvgIpc) is 2.89. The fourth-order valence-electron chi connectivity index (χ4n) is 2.05. The third-order valence-electron chi connectivity index (χ3n) is 3.15. The minimum absolute atomic E-state index is 0.0376. The Morgan fingerprint density at radius 1 is 1.42 bits per heavy atom. The summed E-state index contributed by atoms with van der Waals surface area (Å²) < 4.78 is 0. The summed E-state index contributed by atoms with van der Waals surface area (Å²) in [6.07, 6.45) is 0.724. The molecule has 1 heterocycles. The summed E-state index contributed by atoms with van der Waals surface area (Å²) >= 11 is 5.91. The van der Waals surface area contributed by atoms with Crippen LogP contribution in [-0.4, -0.2) is 41.5 Å². The van der Waals surface area contributed by atoms with Gasteiger partial charge in [-0.05, 0) is 18.6 Å². The van der Waals surface area contributed by atoms with Crippen LogP contribution in [0.2, 0.25) is 5.02 Å². The Labute approximate surface area is 116 Å². The van der Waals surface area contributed by atoms with Gasteiger partial charge in [-0.25, -0.2) is 0 Å². The van der Waals surface area contributed by atoms with Crippen molar-refractivity contribution < 1.29 is 14.7 Å². The van der Waals surface area contributed by atoms with E-state index in [1.807, 2.05) is 0 Å². The lowest BCUT2D eigenvalue weighted by atomic mass is 10.1. The number of anilines is 1. The summed E-state index contributed by atoms with van der Waals surface area (Å²) in [4.78, 5) is 25.2. The van der Waals surface area contributed by atoms with Crippen LogP contribution < -0.4 is 5.32 Å². The first kappa shape index (κ1) is 13.8. The third kappa shape index (κ3) is 3.24. The quantitative estimate of drug-likeness (QED) is 0.799. The second-order valence-electron chi connectivity index (χ2n) is 4.52. The summed E-state index contributed by atoms with van der Waals surface area (Å²) in [7, 11) is 0. The molecule has 1 saturated heterocycles. The van der Waals surface area contributed by atoms with Crippen LogP contribution in [0.15, 0.2) is 24.3 Å². The predicted molar refractivity (Wildman–Crippen MR) is 71.9 cm³/mol. The van der Waals surface area contributed by atoms with Crippen LogP contribution in [0.5, 0.6) is 0 Å². The highest BCUT2D eigenvalue weighted by atomic mass is 35.5. The van der Waals surface area contributed by atoms with Gasteiger partial charge in [0.15, 0.2) is 0 Å². The number of halogens is 1. The highest BCUT2D eigenvalue weighted by Crippen LogP contribution is 2.21. The van der Waals surface area contributed by atoms with Crippen molar-refractivity contribution >= 4 is 29.1 Å². The molecular formula is C13H15ClN2O3. The van der Waals surface area contributed by atoms with Crippen LogP contribution in [0, 0.1) is 5.92 Å². The highest BCUT2D eigenvalue weighted by molar-refractivity contribution is 6.41. The van der Waals surface area contributed by atoms with Gasteiger partial charge in [-0.15, -0.1) is 0 Å². The van der Waals surface area contributed by atoms with E-state index in [-0.39, 0.29) is 12.5 Å². The number of aliphatic hydroxyl groups excluding tert-OH is 1. The summed E-state index contributed by atoms with van der Waals surface area (Å²) in [6, 6.07) is 6.74. The third-order valence-corrected chi connectivity index (χ3v) is 3.48. The van der Waals surface area contributed by atoms with Gasteiger partial charge >= 0.3 is 11.8 Å². The Kier molecular flexibility index (Phi) is 4.39. The molecule has 102 valence electrons. The Hall–Kier alpha value is -1.59. The maximum atomic E-state index is 11.9. The molecule has 19 heavy (non-hydrogen) atoms. The molecule has 1 unspecified atom stereocenters. The summed E-state index contributed by atoms with van der Waals surface area (Å²) in [5.41, 5.74) is 0.417. The second-order valence-corrected chi connectivity index (χ2v) is 4.93. The lowest BCUT2D eigenvalue weighted by Gasteiger charge is -2.15. The predicted octanol–water partition coefficient (Wildman–Crippen LogP) is 1.12. The summed E-state index contributed by atoms with van der Waals surface area (Å²) in [6.45, 7) is 0.960. The van der Waals surface area contributed by atoms with Crippen LogP contribution in [0.1, 0.15) is 6.42 Å². The lowest BCUT2D eigenvalue weighted by molar-refractivity contribution is -0.142. The first-order chi connectivity index (χ1) is 9.11. The van der Waals surface area contributed by atoms with Crippen molar-refractivity contribution in [2.45, 2.75) is 6.42 Å². The molecule has 1 aromatic carbocycles. The zero-order valence-electron chi connectivity index (χ0n) is 10.3. The normalized spacial score (nSPS) is 18.4. The number of benzene rings is 1. The van der Waals surface area contributed by atoms with E-state index in [0.717, 1.165) is 6.42 Å². The second kappa shape index (κ2) is 6.04. The molecule has 0 radical (unpaired) electrons. The number of nitrogens with one attached hydrogen (secondary N) is 1. The van der Waals surface area contributed by atoms with Gasteiger partial charge in [-0.2, -0.15) is 0 Å². The molecule has 0 spiro atoms. The minimum atomic E-state index is -0.702.